The van der Waals surface area contributed by atoms with Crippen LogP contribution >= 0.6 is 0 Å². The number of nitrogens with two attached hydrogens (primary N) is 1. The fraction of sp³-hybridized carbons (Fsp3) is 0. The summed E-state index contributed by atoms with van der Waals surface area (Å²) < 4.78 is 1.77. The van der Waals surface area contributed by atoms with Crippen molar-refractivity contribution in [2.24, 2.45) is 0 Å². The molecule has 2 heterocycles. The summed E-state index contributed by atoms with van der Waals surface area (Å²) in [6, 6.07) is 3.82. The van der Waals surface area contributed by atoms with Crippen molar-refractivity contribution in [3.8, 4) is 0 Å². The molecule has 0 amide bonds. The molecule has 0 spiro atoms. The van der Waals surface area contributed by atoms with Crippen molar-refractivity contribution in [1.82, 2.24) is 14.6 Å². The first-order valence-electron chi connectivity index (χ1n) is 3.41. The molecule has 2 aromatic rings. The smallest absolute Gasteiger partial charge is 0.290 e. The van der Waals surface area contributed by atoms with E-state index in [0.29, 0.717) is 5.95 Å². The van der Waals surface area contributed by atoms with Crippen LogP contribution in [0.15, 0.2) is 24.5 Å². The van der Waals surface area contributed by atoms with E-state index in [0.717, 1.165) is 5.52 Å². The Bertz CT molecular complexity index is 398. The highest BCUT2D eigenvalue weighted by atomic mass is 16.3. The number of anilines is 1. The topological polar surface area (TPSA) is 93.5 Å². The number of hydrogen-bond acceptors (Lipinski definition) is 4. The van der Waals surface area contributed by atoms with Gasteiger partial charge in [0.15, 0.2) is 0 Å². The third kappa shape index (κ3) is 1.92. The van der Waals surface area contributed by atoms with E-state index in [1.807, 2.05) is 18.3 Å². The van der Waals surface area contributed by atoms with E-state index >= 15 is 0 Å². The predicted octanol–water partition coefficient (Wildman–Crippen LogP) is 0.0123. The van der Waals surface area contributed by atoms with Gasteiger partial charge in [0.05, 0.1) is 11.7 Å². The lowest BCUT2D eigenvalue weighted by Crippen LogP contribution is -1.99. The van der Waals surface area contributed by atoms with Gasteiger partial charge in [-0.15, -0.1) is 5.10 Å². The van der Waals surface area contributed by atoms with Crippen LogP contribution < -0.4 is 5.73 Å². The van der Waals surface area contributed by atoms with Gasteiger partial charge < -0.3 is 10.8 Å². The molecule has 2 rings (SSSR count). The van der Waals surface area contributed by atoms with Gasteiger partial charge in [-0.05, 0) is 12.1 Å². The maximum absolute atomic E-state index is 8.36. The molecule has 13 heavy (non-hydrogen) atoms. The quantitative estimate of drug-likeness (QED) is 0.557. The SMILES string of the molecule is Nc1nncc2cccn12.O=CO. The van der Waals surface area contributed by atoms with Gasteiger partial charge in [0.25, 0.3) is 6.47 Å². The van der Waals surface area contributed by atoms with E-state index in [4.69, 9.17) is 15.6 Å². The van der Waals surface area contributed by atoms with Crippen LogP contribution in [0.1, 0.15) is 0 Å². The summed E-state index contributed by atoms with van der Waals surface area (Å²) in [6.07, 6.45) is 3.51. The summed E-state index contributed by atoms with van der Waals surface area (Å²) in [5, 5.41) is 14.2. The predicted molar refractivity (Wildman–Crippen MR) is 46.1 cm³/mol. The standard InChI is InChI=1S/C6H6N4.CH2O2/c7-6-9-8-4-5-2-1-3-10(5)6;2-1-3/h1-4H,(H2,7,9);1H,(H,2,3). The van der Waals surface area contributed by atoms with Crippen molar-refractivity contribution in [1.29, 1.82) is 0 Å². The molecular weight excluding hydrogens is 172 g/mol. The van der Waals surface area contributed by atoms with Gasteiger partial charge in [-0.1, -0.05) is 0 Å². The van der Waals surface area contributed by atoms with Gasteiger partial charge in [0.1, 0.15) is 0 Å². The molecule has 0 bridgehead atoms. The lowest BCUT2D eigenvalue weighted by molar-refractivity contribution is -0.122. The fourth-order valence-electron chi connectivity index (χ4n) is 0.903. The number of aromatic nitrogens is 3. The summed E-state index contributed by atoms with van der Waals surface area (Å²) in [7, 11) is 0. The second kappa shape index (κ2) is 4.05. The minimum atomic E-state index is -0.250. The van der Waals surface area contributed by atoms with Crippen molar-refractivity contribution >= 4 is 17.9 Å². The lowest BCUT2D eigenvalue weighted by atomic mass is 10.5. The lowest BCUT2D eigenvalue weighted by Gasteiger charge is -1.94. The van der Waals surface area contributed by atoms with Crippen molar-refractivity contribution < 1.29 is 9.90 Å². The number of carboxylic acid groups (broad SMARTS) is 1. The van der Waals surface area contributed by atoms with E-state index in [-0.39, 0.29) is 6.47 Å². The van der Waals surface area contributed by atoms with Gasteiger partial charge in [-0.2, -0.15) is 5.10 Å². The van der Waals surface area contributed by atoms with Crippen molar-refractivity contribution in [3.63, 3.8) is 0 Å². The largest absolute Gasteiger partial charge is 0.483 e. The average Bonchev–Trinajstić information content (AvgIpc) is 2.54. The van der Waals surface area contributed by atoms with Gasteiger partial charge >= 0.3 is 0 Å². The molecule has 0 saturated heterocycles. The van der Waals surface area contributed by atoms with Crippen molar-refractivity contribution in [3.05, 3.63) is 24.5 Å². The first-order valence-corrected chi connectivity index (χ1v) is 3.41. The van der Waals surface area contributed by atoms with E-state index in [1.54, 1.807) is 10.6 Å². The summed E-state index contributed by atoms with van der Waals surface area (Å²) in [5.41, 5.74) is 6.46. The van der Waals surface area contributed by atoms with Gasteiger partial charge in [-0.3, -0.25) is 9.20 Å². The van der Waals surface area contributed by atoms with Crippen molar-refractivity contribution in [2.45, 2.75) is 0 Å². The molecule has 6 nitrogen and oxygen atoms in total. The van der Waals surface area contributed by atoms with Crippen LogP contribution in [0.4, 0.5) is 5.95 Å². The molecular formula is C7H8N4O2. The highest BCUT2D eigenvalue weighted by molar-refractivity contribution is 5.48. The maximum atomic E-state index is 8.36. The summed E-state index contributed by atoms with van der Waals surface area (Å²) in [6.45, 7) is -0.250. The molecule has 0 fully saturated rings. The molecule has 0 atom stereocenters. The summed E-state index contributed by atoms with van der Waals surface area (Å²) in [4.78, 5) is 8.36. The van der Waals surface area contributed by atoms with Crippen LogP contribution in [-0.4, -0.2) is 26.2 Å². The molecule has 0 aliphatic heterocycles. The normalized spacial score (nSPS) is 8.92. The number of hydrogen-bond donors (Lipinski definition) is 2. The highest BCUT2D eigenvalue weighted by Gasteiger charge is 1.94. The Kier molecular flexibility index (Phi) is 2.80. The first kappa shape index (κ1) is 8.98. The molecule has 0 aromatic carbocycles. The van der Waals surface area contributed by atoms with Crippen molar-refractivity contribution in [2.75, 3.05) is 5.73 Å². The zero-order valence-electron chi connectivity index (χ0n) is 6.66. The van der Waals surface area contributed by atoms with Crippen LogP contribution in [0.25, 0.3) is 5.52 Å². The molecule has 3 N–H and O–H groups in total. The van der Waals surface area contributed by atoms with Gasteiger partial charge in [-0.25, -0.2) is 0 Å². The number of fused-ring (bicyclic) bond motifs is 1. The molecule has 2 aromatic heterocycles. The number of nitrogens with zero attached hydrogens (tertiary/aromatic N) is 3. The number of nitrogen functional groups attached to an aromatic ring is 1. The second-order valence-electron chi connectivity index (χ2n) is 2.11. The zero-order chi connectivity index (χ0) is 9.68. The Morgan fingerprint density at radius 2 is 2.31 bits per heavy atom. The van der Waals surface area contributed by atoms with Gasteiger partial charge in [0.2, 0.25) is 5.95 Å². The molecule has 0 aliphatic carbocycles. The van der Waals surface area contributed by atoms with Crippen LogP contribution in [0.5, 0.6) is 0 Å². The summed E-state index contributed by atoms with van der Waals surface area (Å²) >= 11 is 0. The molecule has 0 radical (unpaired) electrons. The van der Waals surface area contributed by atoms with E-state index in [9.17, 15) is 0 Å². The van der Waals surface area contributed by atoms with E-state index in [2.05, 4.69) is 10.2 Å². The fourth-order valence-corrected chi connectivity index (χ4v) is 0.903. The Labute approximate surface area is 73.6 Å². The molecule has 0 saturated carbocycles. The molecule has 68 valence electrons. The monoisotopic (exact) mass is 180 g/mol. The Morgan fingerprint density at radius 1 is 1.62 bits per heavy atom. The number of carbonyl (C=O) groups is 1. The minimum absolute atomic E-state index is 0.250. The maximum Gasteiger partial charge on any atom is 0.290 e. The van der Waals surface area contributed by atoms with E-state index in [1.165, 1.54) is 0 Å². The summed E-state index contributed by atoms with van der Waals surface area (Å²) in [5.74, 6) is 0.419. The Balaban J connectivity index is 0.000000251. The van der Waals surface area contributed by atoms with E-state index < -0.39 is 0 Å². The molecule has 0 unspecified atom stereocenters. The van der Waals surface area contributed by atoms with Crippen LogP contribution in [-0.2, 0) is 4.79 Å². The number of rotatable bonds is 0. The highest BCUT2D eigenvalue weighted by Crippen LogP contribution is 2.03. The third-order valence-corrected chi connectivity index (χ3v) is 1.38. The minimum Gasteiger partial charge on any atom is -0.483 e. The molecule has 6 heteroatoms. The third-order valence-electron chi connectivity index (χ3n) is 1.38. The van der Waals surface area contributed by atoms with Crippen LogP contribution in [0.2, 0.25) is 0 Å². The second-order valence-corrected chi connectivity index (χ2v) is 2.11. The zero-order valence-corrected chi connectivity index (χ0v) is 6.66. The Hall–Kier alpha value is -2.11. The van der Waals surface area contributed by atoms with Crippen LogP contribution in [0.3, 0.4) is 0 Å². The van der Waals surface area contributed by atoms with Gasteiger partial charge in [0, 0.05) is 6.20 Å². The molecule has 0 aliphatic rings. The first-order chi connectivity index (χ1) is 6.29. The Morgan fingerprint density at radius 3 is 2.92 bits per heavy atom. The average molecular weight is 180 g/mol. The van der Waals surface area contributed by atoms with Crippen LogP contribution in [0, 0.1) is 0 Å².